The highest BCUT2D eigenvalue weighted by molar-refractivity contribution is 7.99. The molecular formula is C14H18N4O2S2. The molecule has 0 unspecified atom stereocenters. The van der Waals surface area contributed by atoms with Gasteiger partial charge >= 0.3 is 6.09 Å². The lowest BCUT2D eigenvalue weighted by Crippen LogP contribution is -2.26. The minimum Gasteiger partial charge on any atom is -0.448 e. The van der Waals surface area contributed by atoms with E-state index in [0.29, 0.717) is 19.7 Å². The largest absolute Gasteiger partial charge is 0.448 e. The molecule has 2 aromatic rings. The van der Waals surface area contributed by atoms with Gasteiger partial charge in [0.05, 0.1) is 6.54 Å². The molecule has 22 heavy (non-hydrogen) atoms. The minimum absolute atomic E-state index is 0.212. The van der Waals surface area contributed by atoms with Crippen LogP contribution in [0, 0.1) is 6.92 Å². The van der Waals surface area contributed by atoms with Crippen molar-refractivity contribution in [2.75, 3.05) is 25.4 Å². The Morgan fingerprint density at radius 2 is 2.32 bits per heavy atom. The number of carbonyl (C=O) groups is 1. The van der Waals surface area contributed by atoms with E-state index < -0.39 is 0 Å². The van der Waals surface area contributed by atoms with Crippen molar-refractivity contribution in [1.29, 1.82) is 0 Å². The second kappa shape index (κ2) is 7.15. The Morgan fingerprint density at radius 1 is 1.41 bits per heavy atom. The summed E-state index contributed by atoms with van der Waals surface area (Å²) in [6.07, 6.45) is 0.777. The third-order valence-corrected chi connectivity index (χ3v) is 5.38. The molecule has 1 aliphatic heterocycles. The molecule has 118 valence electrons. The van der Waals surface area contributed by atoms with Crippen LogP contribution in [0.1, 0.15) is 10.7 Å². The van der Waals surface area contributed by atoms with E-state index in [2.05, 4.69) is 32.3 Å². The molecular weight excluding hydrogens is 320 g/mol. The summed E-state index contributed by atoms with van der Waals surface area (Å²) in [5, 5.41) is 11.4. The predicted octanol–water partition coefficient (Wildman–Crippen LogP) is 2.44. The lowest BCUT2D eigenvalue weighted by Gasteiger charge is -2.12. The van der Waals surface area contributed by atoms with Gasteiger partial charge in [0.2, 0.25) is 0 Å². The van der Waals surface area contributed by atoms with Crippen molar-refractivity contribution in [1.82, 2.24) is 19.7 Å². The quantitative estimate of drug-likeness (QED) is 0.726. The zero-order chi connectivity index (χ0) is 15.4. The van der Waals surface area contributed by atoms with Gasteiger partial charge in [0.25, 0.3) is 0 Å². The Hall–Kier alpha value is -1.54. The smallest absolute Gasteiger partial charge is 0.409 e. The molecule has 1 aliphatic rings. The van der Waals surface area contributed by atoms with E-state index in [9.17, 15) is 4.79 Å². The number of aromatic nitrogens is 3. The molecule has 0 aliphatic carbocycles. The number of thiophene rings is 1. The molecule has 0 atom stereocenters. The van der Waals surface area contributed by atoms with E-state index in [1.54, 1.807) is 28.0 Å². The van der Waals surface area contributed by atoms with Gasteiger partial charge in [-0.05, 0) is 24.8 Å². The summed E-state index contributed by atoms with van der Waals surface area (Å²) in [6.45, 7) is 4.72. The first-order chi connectivity index (χ1) is 10.7. The maximum absolute atomic E-state index is 11.4. The van der Waals surface area contributed by atoms with Gasteiger partial charge in [-0.3, -0.25) is 0 Å². The maximum atomic E-state index is 11.4. The number of aryl methyl sites for hydroxylation is 2. The normalized spacial score (nSPS) is 14.6. The summed E-state index contributed by atoms with van der Waals surface area (Å²) in [4.78, 5) is 14.5. The second-order valence-electron chi connectivity index (χ2n) is 4.96. The Labute approximate surface area is 137 Å². The number of hydrogen-bond donors (Lipinski definition) is 0. The molecule has 1 saturated heterocycles. The SMILES string of the molecule is Cc1nnc(SCCN2CCOC2=O)n1CCc1cccs1. The second-order valence-corrected chi connectivity index (χ2v) is 7.05. The Bertz CT molecular complexity index is 627. The third-order valence-electron chi connectivity index (χ3n) is 3.50. The van der Waals surface area contributed by atoms with Gasteiger partial charge in [0.15, 0.2) is 5.16 Å². The molecule has 0 bridgehead atoms. The number of carbonyl (C=O) groups excluding carboxylic acids is 1. The van der Waals surface area contributed by atoms with Gasteiger partial charge in [-0.2, -0.15) is 0 Å². The van der Waals surface area contributed by atoms with Crippen molar-refractivity contribution in [3.05, 3.63) is 28.2 Å². The van der Waals surface area contributed by atoms with E-state index in [1.165, 1.54) is 4.88 Å². The first-order valence-corrected chi connectivity index (χ1v) is 9.07. The maximum Gasteiger partial charge on any atom is 0.409 e. The van der Waals surface area contributed by atoms with Crippen LogP contribution in [0.3, 0.4) is 0 Å². The van der Waals surface area contributed by atoms with Crippen molar-refractivity contribution < 1.29 is 9.53 Å². The molecule has 2 aromatic heterocycles. The van der Waals surface area contributed by atoms with E-state index in [-0.39, 0.29) is 6.09 Å². The zero-order valence-electron chi connectivity index (χ0n) is 12.4. The van der Waals surface area contributed by atoms with Crippen LogP contribution in [-0.4, -0.2) is 51.2 Å². The fraction of sp³-hybridized carbons (Fsp3) is 0.500. The fourth-order valence-corrected chi connectivity index (χ4v) is 3.95. The summed E-state index contributed by atoms with van der Waals surface area (Å²) < 4.78 is 7.07. The number of cyclic esters (lactones) is 1. The van der Waals surface area contributed by atoms with Gasteiger partial charge in [-0.15, -0.1) is 21.5 Å². The molecule has 3 rings (SSSR count). The predicted molar refractivity (Wildman–Crippen MR) is 86.4 cm³/mol. The van der Waals surface area contributed by atoms with Crippen LogP contribution in [0.4, 0.5) is 4.79 Å². The van der Waals surface area contributed by atoms with Gasteiger partial charge in [0, 0.05) is 23.7 Å². The molecule has 6 nitrogen and oxygen atoms in total. The molecule has 1 amide bonds. The van der Waals surface area contributed by atoms with Crippen molar-refractivity contribution in [3.8, 4) is 0 Å². The fourth-order valence-electron chi connectivity index (χ4n) is 2.28. The highest BCUT2D eigenvalue weighted by atomic mass is 32.2. The summed E-state index contributed by atoms with van der Waals surface area (Å²) >= 11 is 3.41. The van der Waals surface area contributed by atoms with Crippen LogP contribution in [0.5, 0.6) is 0 Å². The highest BCUT2D eigenvalue weighted by Crippen LogP contribution is 2.19. The highest BCUT2D eigenvalue weighted by Gasteiger charge is 2.21. The number of hydrogen-bond acceptors (Lipinski definition) is 6. The molecule has 0 aromatic carbocycles. The van der Waals surface area contributed by atoms with Crippen LogP contribution in [0.2, 0.25) is 0 Å². The number of amides is 1. The molecule has 1 fully saturated rings. The van der Waals surface area contributed by atoms with Crippen LogP contribution < -0.4 is 0 Å². The van der Waals surface area contributed by atoms with Gasteiger partial charge in [-0.25, -0.2) is 4.79 Å². The summed E-state index contributed by atoms with van der Waals surface area (Å²) in [6, 6.07) is 4.22. The number of rotatable bonds is 7. The summed E-state index contributed by atoms with van der Waals surface area (Å²) in [5.41, 5.74) is 0. The third kappa shape index (κ3) is 3.61. The van der Waals surface area contributed by atoms with Gasteiger partial charge < -0.3 is 14.2 Å². The van der Waals surface area contributed by atoms with E-state index in [0.717, 1.165) is 29.7 Å². The van der Waals surface area contributed by atoms with Gasteiger partial charge in [-0.1, -0.05) is 17.8 Å². The average molecular weight is 338 g/mol. The number of nitrogens with zero attached hydrogens (tertiary/aromatic N) is 4. The molecule has 8 heteroatoms. The van der Waals surface area contributed by atoms with Crippen LogP contribution >= 0.6 is 23.1 Å². The summed E-state index contributed by atoms with van der Waals surface area (Å²) in [5.74, 6) is 1.73. The standard InChI is InChI=1S/C14H18N4O2S2/c1-11-15-16-13(18(11)5-4-12-3-2-9-21-12)22-10-7-17-6-8-20-14(17)19/h2-3,9H,4-8,10H2,1H3. The van der Waals surface area contributed by atoms with E-state index in [4.69, 9.17) is 4.74 Å². The van der Waals surface area contributed by atoms with Crippen LogP contribution in [0.15, 0.2) is 22.7 Å². The minimum atomic E-state index is -0.212. The lowest BCUT2D eigenvalue weighted by atomic mass is 10.3. The van der Waals surface area contributed by atoms with Crippen molar-refractivity contribution in [2.45, 2.75) is 25.0 Å². The number of thioether (sulfide) groups is 1. The lowest BCUT2D eigenvalue weighted by molar-refractivity contribution is 0.160. The molecule has 0 saturated carbocycles. The zero-order valence-corrected chi connectivity index (χ0v) is 14.0. The topological polar surface area (TPSA) is 60.2 Å². The molecule has 3 heterocycles. The van der Waals surface area contributed by atoms with Crippen molar-refractivity contribution in [2.24, 2.45) is 0 Å². The first kappa shape index (κ1) is 15.4. The monoisotopic (exact) mass is 338 g/mol. The van der Waals surface area contributed by atoms with Gasteiger partial charge in [0.1, 0.15) is 12.4 Å². The number of ether oxygens (including phenoxy) is 1. The Kier molecular flexibility index (Phi) is 4.99. The molecule has 0 N–H and O–H groups in total. The molecule has 0 radical (unpaired) electrons. The Morgan fingerprint density at radius 3 is 3.05 bits per heavy atom. The van der Waals surface area contributed by atoms with E-state index >= 15 is 0 Å². The summed E-state index contributed by atoms with van der Waals surface area (Å²) in [7, 11) is 0. The van der Waals surface area contributed by atoms with Crippen LogP contribution in [-0.2, 0) is 17.7 Å². The molecule has 0 spiro atoms. The van der Waals surface area contributed by atoms with Crippen molar-refractivity contribution >= 4 is 29.2 Å². The average Bonchev–Trinajstić information content (AvgIpc) is 3.22. The van der Waals surface area contributed by atoms with Crippen LogP contribution in [0.25, 0.3) is 0 Å². The Balaban J connectivity index is 1.53. The van der Waals surface area contributed by atoms with E-state index in [1.807, 2.05) is 6.92 Å². The van der Waals surface area contributed by atoms with Crippen molar-refractivity contribution in [3.63, 3.8) is 0 Å². The first-order valence-electron chi connectivity index (χ1n) is 7.21.